The van der Waals surface area contributed by atoms with E-state index in [-0.39, 0.29) is 23.7 Å². The van der Waals surface area contributed by atoms with Gasteiger partial charge in [-0.05, 0) is 30.7 Å². The minimum absolute atomic E-state index is 0.0422. The molecule has 0 heterocycles. The Bertz CT molecular complexity index is 359. The highest BCUT2D eigenvalue weighted by Gasteiger charge is 2.19. The molecule has 1 rings (SSSR count). The third-order valence-corrected chi connectivity index (χ3v) is 2.56. The predicted molar refractivity (Wildman–Crippen MR) is 67.7 cm³/mol. The smallest absolute Gasteiger partial charge is 0.179 e. The van der Waals surface area contributed by atoms with E-state index in [1.165, 1.54) is 12.1 Å². The summed E-state index contributed by atoms with van der Waals surface area (Å²) < 4.78 is 12.8. The highest BCUT2D eigenvalue weighted by molar-refractivity contribution is 6.00. The maximum absolute atomic E-state index is 12.8. The van der Waals surface area contributed by atoms with Gasteiger partial charge in [-0.15, -0.1) is 0 Å². The summed E-state index contributed by atoms with van der Waals surface area (Å²) in [5.41, 5.74) is 0.568. The largest absolute Gasteiger partial charge is 0.305 e. The minimum Gasteiger partial charge on any atom is -0.305 e. The first-order valence-corrected chi connectivity index (χ1v) is 6.10. The summed E-state index contributed by atoms with van der Waals surface area (Å²) in [6.07, 6.45) is 1.74. The van der Waals surface area contributed by atoms with Gasteiger partial charge >= 0.3 is 0 Å². The molecule has 3 heteroatoms. The van der Waals surface area contributed by atoms with Crippen LogP contribution < -0.4 is 5.32 Å². The summed E-state index contributed by atoms with van der Waals surface area (Å²) >= 11 is 0. The third-order valence-electron chi connectivity index (χ3n) is 2.56. The molecule has 0 saturated heterocycles. The van der Waals surface area contributed by atoms with Crippen LogP contribution in [0.4, 0.5) is 4.39 Å². The quantitative estimate of drug-likeness (QED) is 0.770. The molecule has 2 nitrogen and oxygen atoms in total. The molecule has 1 aromatic carbocycles. The summed E-state index contributed by atoms with van der Waals surface area (Å²) in [5, 5.41) is 3.25. The number of nitrogens with one attached hydrogen (secondary N) is 1. The van der Waals surface area contributed by atoms with Crippen LogP contribution in [0.25, 0.3) is 0 Å². The number of halogens is 1. The van der Waals surface area contributed by atoms with E-state index in [0.29, 0.717) is 5.56 Å². The van der Waals surface area contributed by atoms with Crippen molar-refractivity contribution in [3.63, 3.8) is 0 Å². The fourth-order valence-electron chi connectivity index (χ4n) is 1.80. The molecule has 1 N–H and O–H groups in total. The zero-order chi connectivity index (χ0) is 12.8. The number of carbonyl (C=O) groups excluding carboxylic acids is 1. The van der Waals surface area contributed by atoms with Crippen molar-refractivity contribution in [3.8, 4) is 0 Å². The van der Waals surface area contributed by atoms with Crippen LogP contribution in [0.15, 0.2) is 24.3 Å². The zero-order valence-corrected chi connectivity index (χ0v) is 10.7. The normalized spacial score (nSPS) is 12.8. The molecule has 0 saturated carbocycles. The van der Waals surface area contributed by atoms with Gasteiger partial charge in [0.15, 0.2) is 5.78 Å². The van der Waals surface area contributed by atoms with E-state index in [1.54, 1.807) is 12.1 Å². The van der Waals surface area contributed by atoms with Crippen molar-refractivity contribution < 1.29 is 9.18 Å². The molecule has 0 bridgehead atoms. The number of benzene rings is 1. The Morgan fingerprint density at radius 3 is 2.35 bits per heavy atom. The lowest BCUT2D eigenvalue weighted by molar-refractivity contribution is 0.0932. The molecule has 1 atom stereocenters. The second-order valence-electron chi connectivity index (χ2n) is 4.53. The molecule has 0 aliphatic carbocycles. The van der Waals surface area contributed by atoms with Crippen molar-refractivity contribution in [2.45, 2.75) is 45.7 Å². The molecule has 0 aromatic heterocycles. The number of hydrogen-bond donors (Lipinski definition) is 1. The molecular formula is C14H20FNO. The Hall–Kier alpha value is -1.22. The topological polar surface area (TPSA) is 29.1 Å². The fourth-order valence-corrected chi connectivity index (χ4v) is 1.80. The molecule has 0 aliphatic rings. The maximum Gasteiger partial charge on any atom is 0.179 e. The number of carbonyl (C=O) groups is 1. The Morgan fingerprint density at radius 1 is 1.29 bits per heavy atom. The summed E-state index contributed by atoms with van der Waals surface area (Å²) in [4.78, 5) is 12.2. The molecule has 94 valence electrons. The van der Waals surface area contributed by atoms with Gasteiger partial charge in [-0.3, -0.25) is 4.79 Å². The maximum atomic E-state index is 12.8. The van der Waals surface area contributed by atoms with Crippen molar-refractivity contribution in [1.29, 1.82) is 0 Å². The van der Waals surface area contributed by atoms with Crippen molar-refractivity contribution >= 4 is 5.78 Å². The van der Waals surface area contributed by atoms with Crippen LogP contribution >= 0.6 is 0 Å². The second-order valence-corrected chi connectivity index (χ2v) is 4.53. The van der Waals surface area contributed by atoms with Gasteiger partial charge in [0.2, 0.25) is 0 Å². The fraction of sp³-hybridized carbons (Fsp3) is 0.500. The van der Waals surface area contributed by atoms with E-state index in [9.17, 15) is 9.18 Å². The van der Waals surface area contributed by atoms with Crippen molar-refractivity contribution in [3.05, 3.63) is 35.6 Å². The summed E-state index contributed by atoms with van der Waals surface area (Å²) in [6.45, 7) is 6.08. The van der Waals surface area contributed by atoms with Crippen LogP contribution in [-0.4, -0.2) is 17.9 Å². The molecule has 0 aliphatic heterocycles. The first-order chi connectivity index (χ1) is 8.04. The van der Waals surface area contributed by atoms with Crippen LogP contribution in [0.2, 0.25) is 0 Å². The molecule has 0 amide bonds. The highest BCUT2D eigenvalue weighted by atomic mass is 19.1. The molecule has 0 spiro atoms. The standard InChI is InChI=1S/C14H20FNO/c1-4-5-13(16-10(2)3)14(17)11-6-8-12(15)9-7-11/h6-10,13,16H,4-5H2,1-3H3/t13-/m1/s1. The van der Waals surface area contributed by atoms with E-state index in [0.717, 1.165) is 12.8 Å². The Kier molecular flexibility index (Phi) is 5.29. The lowest BCUT2D eigenvalue weighted by Gasteiger charge is -2.19. The lowest BCUT2D eigenvalue weighted by atomic mass is 10.00. The molecule has 17 heavy (non-hydrogen) atoms. The van der Waals surface area contributed by atoms with Gasteiger partial charge in [-0.2, -0.15) is 0 Å². The van der Waals surface area contributed by atoms with Gasteiger partial charge in [-0.25, -0.2) is 4.39 Å². The molecule has 0 radical (unpaired) electrons. The van der Waals surface area contributed by atoms with E-state index in [4.69, 9.17) is 0 Å². The van der Waals surface area contributed by atoms with Gasteiger partial charge in [-0.1, -0.05) is 27.2 Å². The average Bonchev–Trinajstić information content (AvgIpc) is 2.28. The highest BCUT2D eigenvalue weighted by Crippen LogP contribution is 2.10. The summed E-state index contributed by atoms with van der Waals surface area (Å²) in [6, 6.07) is 5.82. The molecular weight excluding hydrogens is 217 g/mol. The van der Waals surface area contributed by atoms with Gasteiger partial charge in [0, 0.05) is 11.6 Å². The van der Waals surface area contributed by atoms with E-state index in [2.05, 4.69) is 5.32 Å². The van der Waals surface area contributed by atoms with Crippen LogP contribution in [0.3, 0.4) is 0 Å². The number of ketones is 1. The SMILES string of the molecule is CCC[C@@H](NC(C)C)C(=O)c1ccc(F)cc1. The van der Waals surface area contributed by atoms with E-state index >= 15 is 0 Å². The van der Waals surface area contributed by atoms with E-state index in [1.807, 2.05) is 20.8 Å². The van der Waals surface area contributed by atoms with Crippen LogP contribution in [0, 0.1) is 5.82 Å². The Balaban J connectivity index is 2.79. The number of hydrogen-bond acceptors (Lipinski definition) is 2. The summed E-state index contributed by atoms with van der Waals surface area (Å²) in [5.74, 6) is -0.272. The molecule has 0 unspecified atom stereocenters. The van der Waals surface area contributed by atoms with Crippen LogP contribution in [0.5, 0.6) is 0 Å². The Labute approximate surface area is 102 Å². The monoisotopic (exact) mass is 237 g/mol. The zero-order valence-electron chi connectivity index (χ0n) is 10.7. The first kappa shape index (κ1) is 13.8. The number of Topliss-reactive ketones (excluding diaryl/α,β-unsaturated/α-hetero) is 1. The predicted octanol–water partition coefficient (Wildman–Crippen LogP) is 3.18. The van der Waals surface area contributed by atoms with Crippen LogP contribution in [-0.2, 0) is 0 Å². The molecule has 1 aromatic rings. The minimum atomic E-state index is -0.314. The van der Waals surface area contributed by atoms with Crippen molar-refractivity contribution in [2.75, 3.05) is 0 Å². The van der Waals surface area contributed by atoms with Crippen molar-refractivity contribution in [1.82, 2.24) is 5.32 Å². The number of rotatable bonds is 6. The summed E-state index contributed by atoms with van der Waals surface area (Å²) in [7, 11) is 0. The van der Waals surface area contributed by atoms with Gasteiger partial charge < -0.3 is 5.32 Å². The average molecular weight is 237 g/mol. The first-order valence-electron chi connectivity index (χ1n) is 6.10. The lowest BCUT2D eigenvalue weighted by Crippen LogP contribution is -2.40. The second kappa shape index (κ2) is 6.50. The Morgan fingerprint density at radius 2 is 1.88 bits per heavy atom. The van der Waals surface area contributed by atoms with E-state index < -0.39 is 0 Å². The van der Waals surface area contributed by atoms with Crippen molar-refractivity contribution in [2.24, 2.45) is 0 Å². The third kappa shape index (κ3) is 4.27. The van der Waals surface area contributed by atoms with Gasteiger partial charge in [0.25, 0.3) is 0 Å². The molecule has 0 fully saturated rings. The van der Waals surface area contributed by atoms with Crippen LogP contribution in [0.1, 0.15) is 44.0 Å². The van der Waals surface area contributed by atoms with Gasteiger partial charge in [0.1, 0.15) is 5.82 Å². The van der Waals surface area contributed by atoms with Gasteiger partial charge in [0.05, 0.1) is 6.04 Å².